The first kappa shape index (κ1) is 27.3. The summed E-state index contributed by atoms with van der Waals surface area (Å²) in [5.74, 6) is -0.0411. The molecule has 0 spiro atoms. The molecule has 5 rings (SSSR count). The molecular weight excluding hydrogens is 602 g/mol. The number of nitrogens with zero attached hydrogens (tertiary/aromatic N) is 3. The van der Waals surface area contributed by atoms with Gasteiger partial charge >= 0.3 is 5.97 Å². The number of aromatic nitrogens is 1. The number of aryl methyl sites for hydroxylation is 1. The fourth-order valence-corrected chi connectivity index (χ4v) is 5.89. The lowest BCUT2D eigenvalue weighted by atomic mass is 10.0. The van der Waals surface area contributed by atoms with E-state index >= 15 is 0 Å². The van der Waals surface area contributed by atoms with Gasteiger partial charge < -0.3 is 14.3 Å². The number of benzene rings is 2. The Bertz CT molecular complexity index is 1900. The maximum atomic E-state index is 13.8. The highest BCUT2D eigenvalue weighted by molar-refractivity contribution is 9.10. The molecule has 2 aromatic heterocycles. The van der Waals surface area contributed by atoms with E-state index in [1.165, 1.54) is 22.8 Å². The van der Waals surface area contributed by atoms with Crippen LogP contribution in [0.4, 0.5) is 5.69 Å². The fraction of sp³-hybridized carbons (Fsp3) is 0.179. The second-order valence-corrected chi connectivity index (χ2v) is 10.9. The first-order chi connectivity index (χ1) is 19.1. The van der Waals surface area contributed by atoms with Crippen LogP contribution >= 0.6 is 27.3 Å². The van der Waals surface area contributed by atoms with Gasteiger partial charge in [-0.05, 0) is 62.7 Å². The summed E-state index contributed by atoms with van der Waals surface area (Å²) in [6.45, 7) is 5.25. The van der Waals surface area contributed by atoms with Gasteiger partial charge in [0.05, 0.1) is 27.3 Å². The van der Waals surface area contributed by atoms with E-state index < -0.39 is 22.5 Å². The Balaban J connectivity index is 1.71. The number of esters is 1. The Hall–Kier alpha value is -4.29. The Morgan fingerprint density at radius 1 is 1.25 bits per heavy atom. The number of nitro benzene ring substituents is 1. The molecule has 0 radical (unpaired) electrons. The zero-order valence-corrected chi connectivity index (χ0v) is 23.9. The van der Waals surface area contributed by atoms with Crippen LogP contribution in [0.5, 0.6) is 5.75 Å². The summed E-state index contributed by atoms with van der Waals surface area (Å²) >= 11 is 4.48. The molecule has 12 heteroatoms. The number of phenolic OH excluding ortho intramolecular Hbond substituents is 1. The second kappa shape index (κ2) is 10.7. The number of rotatable bonds is 6. The number of phenols is 1. The predicted molar refractivity (Wildman–Crippen MR) is 152 cm³/mol. The minimum absolute atomic E-state index is 0.00280. The zero-order valence-electron chi connectivity index (χ0n) is 21.5. The molecular formula is C28H22BrN3O7S. The van der Waals surface area contributed by atoms with Gasteiger partial charge in [-0.3, -0.25) is 19.5 Å². The number of carbonyl (C=O) groups is 1. The third-order valence-corrected chi connectivity index (χ3v) is 7.86. The van der Waals surface area contributed by atoms with E-state index in [1.807, 2.05) is 0 Å². The standard InChI is InChI=1S/C28H22BrN3O7S/c1-4-38-27(35)24-15(3)30-28-31(26(34)23(40-28)12-16-11-17(29)6-8-20(16)33)25(24)22-10-9-21(39-22)19-13-18(32(36)37)7-5-14(19)2/h5-13,25,33H,4H2,1-3H3/b23-12-/t25-/m1/s1. The van der Waals surface area contributed by atoms with Crippen LogP contribution in [0.1, 0.15) is 36.8 Å². The summed E-state index contributed by atoms with van der Waals surface area (Å²) in [7, 11) is 0. The number of thiazole rings is 1. The van der Waals surface area contributed by atoms with Gasteiger partial charge in [0, 0.05) is 27.7 Å². The van der Waals surface area contributed by atoms with Crippen LogP contribution in [0.15, 0.2) is 78.5 Å². The van der Waals surface area contributed by atoms with Crippen molar-refractivity contribution in [3.8, 4) is 17.1 Å². The first-order valence-corrected chi connectivity index (χ1v) is 13.7. The van der Waals surface area contributed by atoms with E-state index in [-0.39, 0.29) is 33.9 Å². The molecule has 40 heavy (non-hydrogen) atoms. The summed E-state index contributed by atoms with van der Waals surface area (Å²) < 4.78 is 13.9. The van der Waals surface area contributed by atoms with E-state index in [1.54, 1.807) is 57.2 Å². The van der Waals surface area contributed by atoms with Crippen LogP contribution in [0.25, 0.3) is 17.4 Å². The SMILES string of the molecule is CCOC(=O)C1=C(C)N=c2s/c(=C\c3cc(Br)ccc3O)c(=O)n2[C@@H]1c1ccc(-c2cc([N+](=O)[O-])ccc2C)o1. The molecule has 3 heterocycles. The van der Waals surface area contributed by atoms with Crippen molar-refractivity contribution in [2.45, 2.75) is 26.8 Å². The molecule has 204 valence electrons. The van der Waals surface area contributed by atoms with Crippen LogP contribution in [0.2, 0.25) is 0 Å². The van der Waals surface area contributed by atoms with E-state index in [4.69, 9.17) is 9.15 Å². The largest absolute Gasteiger partial charge is 0.507 e. The molecule has 0 aliphatic carbocycles. The van der Waals surface area contributed by atoms with E-state index in [9.17, 15) is 24.8 Å². The van der Waals surface area contributed by atoms with Crippen molar-refractivity contribution >= 4 is 45.0 Å². The molecule has 1 aliphatic rings. The number of furan rings is 1. The highest BCUT2D eigenvalue weighted by Gasteiger charge is 2.35. The summed E-state index contributed by atoms with van der Waals surface area (Å²) in [4.78, 5) is 42.7. The number of carbonyl (C=O) groups excluding carboxylic acids is 1. The van der Waals surface area contributed by atoms with Crippen molar-refractivity contribution in [2.75, 3.05) is 6.61 Å². The predicted octanol–water partition coefficient (Wildman–Crippen LogP) is 4.74. The van der Waals surface area contributed by atoms with Crippen LogP contribution in [-0.4, -0.2) is 27.2 Å². The topological polar surface area (TPSA) is 137 Å². The summed E-state index contributed by atoms with van der Waals surface area (Å²) in [5.41, 5.74) is 1.67. The number of hydrogen-bond donors (Lipinski definition) is 1. The average Bonchev–Trinajstić information content (AvgIpc) is 3.50. The number of halogens is 1. The summed E-state index contributed by atoms with van der Waals surface area (Å²) in [6, 6.07) is 11.6. The number of allylic oxidation sites excluding steroid dienone is 1. The lowest BCUT2D eigenvalue weighted by Crippen LogP contribution is -2.39. The van der Waals surface area contributed by atoms with Gasteiger partial charge in [0.15, 0.2) is 4.80 Å². The van der Waals surface area contributed by atoms with Crippen LogP contribution in [-0.2, 0) is 9.53 Å². The normalized spacial score (nSPS) is 15.1. The molecule has 0 fully saturated rings. The Labute approximate surface area is 239 Å². The van der Waals surface area contributed by atoms with Crippen molar-refractivity contribution in [1.82, 2.24) is 4.57 Å². The highest BCUT2D eigenvalue weighted by Crippen LogP contribution is 2.36. The van der Waals surface area contributed by atoms with Crippen LogP contribution in [0.3, 0.4) is 0 Å². The molecule has 0 saturated heterocycles. The molecule has 4 aromatic rings. The smallest absolute Gasteiger partial charge is 0.338 e. The molecule has 0 amide bonds. The molecule has 1 atom stereocenters. The van der Waals surface area contributed by atoms with Crippen LogP contribution in [0, 0.1) is 17.0 Å². The number of ether oxygens (including phenoxy) is 1. The second-order valence-electron chi connectivity index (χ2n) is 8.96. The van der Waals surface area contributed by atoms with Gasteiger partial charge in [0.2, 0.25) is 0 Å². The fourth-order valence-electron chi connectivity index (χ4n) is 4.48. The highest BCUT2D eigenvalue weighted by atomic mass is 79.9. The maximum Gasteiger partial charge on any atom is 0.338 e. The summed E-state index contributed by atoms with van der Waals surface area (Å²) in [5, 5.41) is 21.7. The van der Waals surface area contributed by atoms with E-state index in [0.717, 1.165) is 21.4 Å². The minimum Gasteiger partial charge on any atom is -0.507 e. The number of fused-ring (bicyclic) bond motifs is 1. The van der Waals surface area contributed by atoms with Gasteiger partial charge in [-0.25, -0.2) is 9.79 Å². The maximum absolute atomic E-state index is 13.8. The number of nitro groups is 1. The first-order valence-electron chi connectivity index (χ1n) is 12.1. The van der Waals surface area contributed by atoms with Gasteiger partial charge in [0.1, 0.15) is 23.3 Å². The van der Waals surface area contributed by atoms with E-state index in [0.29, 0.717) is 27.4 Å². The van der Waals surface area contributed by atoms with Crippen LogP contribution < -0.4 is 14.9 Å². The van der Waals surface area contributed by atoms with Crippen molar-refractivity contribution in [3.05, 3.63) is 111 Å². The molecule has 1 N–H and O–H groups in total. The Morgan fingerprint density at radius 3 is 2.75 bits per heavy atom. The quantitative estimate of drug-likeness (QED) is 0.186. The molecule has 1 aliphatic heterocycles. The van der Waals surface area contributed by atoms with Gasteiger partial charge in [-0.2, -0.15) is 0 Å². The number of non-ortho nitro benzene ring substituents is 1. The third kappa shape index (κ3) is 4.91. The Morgan fingerprint density at radius 2 is 2.02 bits per heavy atom. The van der Waals surface area contributed by atoms with Gasteiger partial charge in [-0.15, -0.1) is 0 Å². The summed E-state index contributed by atoms with van der Waals surface area (Å²) in [6.07, 6.45) is 1.56. The lowest BCUT2D eigenvalue weighted by Gasteiger charge is -2.22. The molecule has 0 saturated carbocycles. The van der Waals surface area contributed by atoms with Gasteiger partial charge in [-0.1, -0.05) is 33.3 Å². The molecule has 2 aromatic carbocycles. The number of hydrogen-bond acceptors (Lipinski definition) is 9. The van der Waals surface area contributed by atoms with Gasteiger partial charge in [0.25, 0.3) is 11.2 Å². The minimum atomic E-state index is -0.999. The van der Waals surface area contributed by atoms with Crippen molar-refractivity contribution in [3.63, 3.8) is 0 Å². The van der Waals surface area contributed by atoms with Crippen molar-refractivity contribution in [1.29, 1.82) is 0 Å². The van der Waals surface area contributed by atoms with E-state index in [2.05, 4.69) is 20.9 Å². The molecule has 10 nitrogen and oxygen atoms in total. The Kier molecular flexibility index (Phi) is 7.30. The lowest BCUT2D eigenvalue weighted by molar-refractivity contribution is -0.384. The monoisotopic (exact) mass is 623 g/mol. The average molecular weight is 624 g/mol. The number of aromatic hydroxyl groups is 1. The van der Waals surface area contributed by atoms with Crippen molar-refractivity contribution in [2.24, 2.45) is 4.99 Å². The third-order valence-electron chi connectivity index (χ3n) is 6.39. The molecule has 0 unspecified atom stereocenters. The zero-order chi connectivity index (χ0) is 28.7. The molecule has 0 bridgehead atoms. The van der Waals surface area contributed by atoms with Crippen molar-refractivity contribution < 1.29 is 24.0 Å².